The Balaban J connectivity index is 1.58. The number of aliphatic hydroxyl groups excluding tert-OH is 1. The molecular weight excluding hydrogens is 345 g/mol. The largest absolute Gasteiger partial charge is 0.455 e. The molecule has 1 heterocycles. The van der Waals surface area contributed by atoms with E-state index in [1.54, 1.807) is 12.1 Å². The Morgan fingerprint density at radius 3 is 2.54 bits per heavy atom. The molecule has 3 rings (SSSR count). The predicted octanol–water partition coefficient (Wildman–Crippen LogP) is 4.05. The van der Waals surface area contributed by atoms with Gasteiger partial charge >= 0.3 is 0 Å². The van der Waals surface area contributed by atoms with Gasteiger partial charge in [-0.25, -0.2) is 0 Å². The fourth-order valence-electron chi connectivity index (χ4n) is 2.52. The quantitative estimate of drug-likeness (QED) is 0.694. The highest BCUT2D eigenvalue weighted by molar-refractivity contribution is 6.36. The van der Waals surface area contributed by atoms with E-state index in [-0.39, 0.29) is 0 Å². The highest BCUT2D eigenvalue weighted by atomic mass is 35.5. The molecular formula is C19H18Cl2NO2+. The Hall–Kier alpha value is -1.78. The van der Waals surface area contributed by atoms with E-state index in [2.05, 4.69) is 0 Å². The molecule has 0 aliphatic heterocycles. The Morgan fingerprint density at radius 2 is 1.79 bits per heavy atom. The fraction of sp³-hybridized carbons (Fsp3) is 0.158. The van der Waals surface area contributed by atoms with Crippen molar-refractivity contribution in [2.45, 2.75) is 12.6 Å². The van der Waals surface area contributed by atoms with Crippen LogP contribution in [0.1, 0.15) is 17.4 Å². The molecule has 0 radical (unpaired) electrons. The molecule has 24 heavy (non-hydrogen) atoms. The molecule has 1 atom stereocenters. The second-order valence-corrected chi connectivity index (χ2v) is 6.39. The lowest BCUT2D eigenvalue weighted by molar-refractivity contribution is -0.679. The van der Waals surface area contributed by atoms with Crippen LogP contribution in [-0.4, -0.2) is 11.7 Å². The van der Waals surface area contributed by atoms with Crippen molar-refractivity contribution in [2.24, 2.45) is 0 Å². The molecule has 0 aliphatic carbocycles. The van der Waals surface area contributed by atoms with E-state index >= 15 is 0 Å². The number of hydrogen-bond donors (Lipinski definition) is 2. The summed E-state index contributed by atoms with van der Waals surface area (Å²) < 4.78 is 5.84. The number of furan rings is 1. The fourth-order valence-corrected chi connectivity index (χ4v) is 3.02. The average Bonchev–Trinajstić information content (AvgIpc) is 3.04. The number of halogens is 2. The minimum atomic E-state index is -0.494. The summed E-state index contributed by atoms with van der Waals surface area (Å²) in [6, 6.07) is 18.8. The van der Waals surface area contributed by atoms with Crippen LogP contribution in [0, 0.1) is 0 Å². The van der Waals surface area contributed by atoms with Gasteiger partial charge in [0, 0.05) is 10.6 Å². The molecule has 3 N–H and O–H groups in total. The van der Waals surface area contributed by atoms with Gasteiger partial charge in [0.1, 0.15) is 25.0 Å². The van der Waals surface area contributed by atoms with E-state index in [0.717, 1.165) is 16.9 Å². The van der Waals surface area contributed by atoms with E-state index < -0.39 is 6.10 Å². The van der Waals surface area contributed by atoms with Crippen LogP contribution < -0.4 is 5.32 Å². The molecule has 5 heteroatoms. The van der Waals surface area contributed by atoms with Crippen LogP contribution in [0.3, 0.4) is 0 Å². The summed E-state index contributed by atoms with van der Waals surface area (Å²) in [6.07, 6.45) is -0.494. The summed E-state index contributed by atoms with van der Waals surface area (Å²) in [4.78, 5) is 0. The SMILES string of the molecule is O[C@H](C[NH2+]Cc1ccc(-c2ccc(Cl)cc2Cl)o1)c1ccccc1. The minimum absolute atomic E-state index is 0.494. The average molecular weight is 363 g/mol. The molecule has 0 saturated carbocycles. The predicted molar refractivity (Wildman–Crippen MR) is 96.1 cm³/mol. The third kappa shape index (κ3) is 4.19. The van der Waals surface area contributed by atoms with E-state index in [4.69, 9.17) is 27.6 Å². The molecule has 2 aromatic carbocycles. The number of benzene rings is 2. The van der Waals surface area contributed by atoms with Gasteiger partial charge in [0.15, 0.2) is 5.76 Å². The first-order valence-electron chi connectivity index (χ1n) is 7.72. The smallest absolute Gasteiger partial charge is 0.158 e. The molecule has 3 aromatic rings. The van der Waals surface area contributed by atoms with Crippen molar-refractivity contribution in [3.63, 3.8) is 0 Å². The van der Waals surface area contributed by atoms with Crippen LogP contribution in [0.2, 0.25) is 10.0 Å². The molecule has 0 spiro atoms. The van der Waals surface area contributed by atoms with Crippen molar-refractivity contribution in [3.05, 3.63) is 82.0 Å². The van der Waals surface area contributed by atoms with E-state index in [0.29, 0.717) is 28.9 Å². The van der Waals surface area contributed by atoms with Gasteiger partial charge in [0.25, 0.3) is 0 Å². The molecule has 0 fully saturated rings. The summed E-state index contributed by atoms with van der Waals surface area (Å²) in [5.74, 6) is 1.54. The van der Waals surface area contributed by atoms with E-state index in [1.165, 1.54) is 0 Å². The minimum Gasteiger partial charge on any atom is -0.455 e. The molecule has 0 saturated heterocycles. The molecule has 0 unspecified atom stereocenters. The second-order valence-electron chi connectivity index (χ2n) is 5.55. The summed E-state index contributed by atoms with van der Waals surface area (Å²) >= 11 is 12.1. The Morgan fingerprint density at radius 1 is 1.00 bits per heavy atom. The topological polar surface area (TPSA) is 50.0 Å². The van der Waals surface area contributed by atoms with Gasteiger partial charge in [-0.05, 0) is 35.9 Å². The van der Waals surface area contributed by atoms with Crippen molar-refractivity contribution in [2.75, 3.05) is 6.54 Å². The maximum absolute atomic E-state index is 10.2. The number of rotatable bonds is 6. The van der Waals surface area contributed by atoms with Gasteiger partial charge in [-0.1, -0.05) is 53.5 Å². The lowest BCUT2D eigenvalue weighted by atomic mass is 10.1. The van der Waals surface area contributed by atoms with Crippen LogP contribution in [0.4, 0.5) is 0 Å². The van der Waals surface area contributed by atoms with Gasteiger partial charge in [0.05, 0.1) is 5.02 Å². The third-order valence-electron chi connectivity index (χ3n) is 3.78. The Labute approximate surface area is 150 Å². The van der Waals surface area contributed by atoms with E-state index in [1.807, 2.05) is 53.8 Å². The monoisotopic (exact) mass is 362 g/mol. The van der Waals surface area contributed by atoms with Gasteiger partial charge in [-0.3, -0.25) is 0 Å². The van der Waals surface area contributed by atoms with Gasteiger partial charge in [-0.2, -0.15) is 0 Å². The maximum Gasteiger partial charge on any atom is 0.158 e. The summed E-state index contributed by atoms with van der Waals surface area (Å²) in [5.41, 5.74) is 1.73. The highest BCUT2D eigenvalue weighted by Gasteiger charge is 2.12. The summed E-state index contributed by atoms with van der Waals surface area (Å²) in [5, 5.41) is 13.3. The number of quaternary nitrogens is 1. The zero-order valence-corrected chi connectivity index (χ0v) is 14.5. The lowest BCUT2D eigenvalue weighted by Gasteiger charge is -2.08. The zero-order valence-electron chi connectivity index (χ0n) is 13.0. The first-order chi connectivity index (χ1) is 11.6. The van der Waals surface area contributed by atoms with Crippen LogP contribution >= 0.6 is 23.2 Å². The number of hydrogen-bond acceptors (Lipinski definition) is 2. The van der Waals surface area contributed by atoms with Crippen LogP contribution in [0.5, 0.6) is 0 Å². The first-order valence-corrected chi connectivity index (χ1v) is 8.48. The highest BCUT2D eigenvalue weighted by Crippen LogP contribution is 2.31. The molecule has 3 nitrogen and oxygen atoms in total. The van der Waals surface area contributed by atoms with Crippen LogP contribution in [0.25, 0.3) is 11.3 Å². The third-order valence-corrected chi connectivity index (χ3v) is 4.33. The van der Waals surface area contributed by atoms with Crippen molar-refractivity contribution in [1.82, 2.24) is 0 Å². The van der Waals surface area contributed by atoms with Crippen molar-refractivity contribution < 1.29 is 14.8 Å². The second kappa shape index (κ2) is 7.86. The lowest BCUT2D eigenvalue weighted by Crippen LogP contribution is -2.83. The zero-order chi connectivity index (χ0) is 16.9. The maximum atomic E-state index is 10.2. The molecule has 124 valence electrons. The van der Waals surface area contributed by atoms with E-state index in [9.17, 15) is 5.11 Å². The van der Waals surface area contributed by atoms with Crippen LogP contribution in [-0.2, 0) is 6.54 Å². The molecule has 0 aliphatic rings. The van der Waals surface area contributed by atoms with Crippen molar-refractivity contribution in [3.8, 4) is 11.3 Å². The van der Waals surface area contributed by atoms with Gasteiger partial charge < -0.3 is 14.8 Å². The standard InChI is InChI=1S/C19H17Cl2NO2/c20-14-6-8-16(17(21)10-14)19-9-7-15(24-19)11-22-12-18(23)13-4-2-1-3-5-13/h1-10,18,22-23H,11-12H2/p+1/t18-/m1/s1. The molecule has 0 amide bonds. The van der Waals surface area contributed by atoms with Gasteiger partial charge in [0.2, 0.25) is 0 Å². The number of nitrogens with two attached hydrogens (primary N) is 1. The number of aliphatic hydroxyl groups is 1. The van der Waals surface area contributed by atoms with Crippen molar-refractivity contribution in [1.29, 1.82) is 0 Å². The normalized spacial score (nSPS) is 12.3. The summed E-state index contributed by atoms with van der Waals surface area (Å²) in [6.45, 7) is 1.22. The van der Waals surface area contributed by atoms with Crippen molar-refractivity contribution >= 4 is 23.2 Å². The first kappa shape index (κ1) is 17.1. The Kier molecular flexibility index (Phi) is 5.59. The van der Waals surface area contributed by atoms with Crippen LogP contribution in [0.15, 0.2) is 65.1 Å². The van der Waals surface area contributed by atoms with Gasteiger partial charge in [-0.15, -0.1) is 0 Å². The molecule has 1 aromatic heterocycles. The Bertz CT molecular complexity index is 802. The molecule has 0 bridgehead atoms. The summed E-state index contributed by atoms with van der Waals surface area (Å²) in [7, 11) is 0.